The van der Waals surface area contributed by atoms with Crippen LogP contribution < -0.4 is 9.62 Å². The van der Waals surface area contributed by atoms with Crippen molar-refractivity contribution in [3.8, 4) is 0 Å². The first-order chi connectivity index (χ1) is 14.3. The third kappa shape index (κ3) is 5.70. The van der Waals surface area contributed by atoms with E-state index in [4.69, 9.17) is 0 Å². The van der Waals surface area contributed by atoms with E-state index in [1.165, 1.54) is 10.6 Å². The molecule has 0 radical (unpaired) electrons. The number of nitrogens with one attached hydrogen (secondary N) is 1. The number of carbonyl (C=O) groups is 1. The molecule has 1 aromatic heterocycles. The molecule has 0 aliphatic rings. The van der Waals surface area contributed by atoms with E-state index >= 15 is 0 Å². The lowest BCUT2D eigenvalue weighted by Crippen LogP contribution is -2.30. The zero-order chi connectivity index (χ0) is 21.6. The average molecular weight is 427 g/mol. The quantitative estimate of drug-likeness (QED) is 0.533. The Morgan fingerprint density at radius 2 is 1.87 bits per heavy atom. The second-order valence-corrected chi connectivity index (χ2v) is 9.06. The standard InChI is InChI=1S/C22H26N4O3S/c1-18-6-3-4-7-20(18)16-26(30(2,28)29)21-10-8-19(9-11-21)22(27)24-12-5-14-25-15-13-23-17-25/h3-4,6-11,13,15,17H,5,12,14,16H2,1-2H3,(H,24,27). The van der Waals surface area contributed by atoms with Crippen LogP contribution in [0.3, 0.4) is 0 Å². The number of nitrogens with zero attached hydrogens (tertiary/aromatic N) is 3. The van der Waals surface area contributed by atoms with Crippen LogP contribution in [0.4, 0.5) is 5.69 Å². The summed E-state index contributed by atoms with van der Waals surface area (Å²) in [5.41, 5.74) is 2.98. The second kappa shape index (κ2) is 9.58. The number of hydrogen-bond donors (Lipinski definition) is 1. The van der Waals surface area contributed by atoms with Gasteiger partial charge in [-0.1, -0.05) is 24.3 Å². The molecule has 1 heterocycles. The highest BCUT2D eigenvalue weighted by atomic mass is 32.2. The lowest BCUT2D eigenvalue weighted by atomic mass is 10.1. The molecule has 0 bridgehead atoms. The van der Waals surface area contributed by atoms with Crippen molar-refractivity contribution < 1.29 is 13.2 Å². The summed E-state index contributed by atoms with van der Waals surface area (Å²) in [5, 5.41) is 2.88. The number of imidazole rings is 1. The molecule has 2 aromatic carbocycles. The van der Waals surface area contributed by atoms with Crippen molar-refractivity contribution in [1.82, 2.24) is 14.9 Å². The number of aromatic nitrogens is 2. The van der Waals surface area contributed by atoms with Gasteiger partial charge in [-0.25, -0.2) is 13.4 Å². The van der Waals surface area contributed by atoms with Crippen molar-refractivity contribution in [3.63, 3.8) is 0 Å². The number of aryl methyl sites for hydroxylation is 2. The molecule has 1 amide bonds. The molecule has 8 heteroatoms. The molecule has 30 heavy (non-hydrogen) atoms. The van der Waals surface area contributed by atoms with Gasteiger partial charge < -0.3 is 9.88 Å². The van der Waals surface area contributed by atoms with Crippen molar-refractivity contribution >= 4 is 21.6 Å². The highest BCUT2D eigenvalue weighted by Crippen LogP contribution is 2.22. The first-order valence-corrected chi connectivity index (χ1v) is 11.6. The Balaban J connectivity index is 1.64. The van der Waals surface area contributed by atoms with Gasteiger partial charge in [0.05, 0.1) is 24.8 Å². The minimum absolute atomic E-state index is 0.183. The van der Waals surface area contributed by atoms with Gasteiger partial charge in [0, 0.05) is 31.0 Å². The van der Waals surface area contributed by atoms with Gasteiger partial charge in [0.1, 0.15) is 0 Å². The summed E-state index contributed by atoms with van der Waals surface area (Å²) < 4.78 is 28.1. The topological polar surface area (TPSA) is 84.3 Å². The third-order valence-electron chi connectivity index (χ3n) is 4.83. The number of hydrogen-bond acceptors (Lipinski definition) is 4. The predicted molar refractivity (Wildman–Crippen MR) is 118 cm³/mol. The van der Waals surface area contributed by atoms with Crippen LogP contribution in [0.1, 0.15) is 27.9 Å². The highest BCUT2D eigenvalue weighted by Gasteiger charge is 2.19. The number of sulfonamides is 1. The minimum atomic E-state index is -3.48. The SMILES string of the molecule is Cc1ccccc1CN(c1ccc(C(=O)NCCCn2ccnc2)cc1)S(C)(=O)=O. The maximum absolute atomic E-state index is 12.4. The van der Waals surface area contributed by atoms with Gasteiger partial charge in [-0.05, 0) is 48.7 Å². The fraction of sp³-hybridized carbons (Fsp3) is 0.273. The van der Waals surface area contributed by atoms with Gasteiger partial charge in [0.15, 0.2) is 0 Å². The van der Waals surface area contributed by atoms with Gasteiger partial charge in [-0.3, -0.25) is 9.10 Å². The van der Waals surface area contributed by atoms with E-state index in [-0.39, 0.29) is 12.5 Å². The van der Waals surface area contributed by atoms with Crippen molar-refractivity contribution in [2.45, 2.75) is 26.4 Å². The lowest BCUT2D eigenvalue weighted by molar-refractivity contribution is 0.0952. The van der Waals surface area contributed by atoms with Crippen LogP contribution >= 0.6 is 0 Å². The second-order valence-electron chi connectivity index (χ2n) is 7.15. The molecule has 0 saturated heterocycles. The number of rotatable bonds is 9. The van der Waals surface area contributed by atoms with Gasteiger partial charge >= 0.3 is 0 Å². The van der Waals surface area contributed by atoms with Crippen LogP contribution in [0.2, 0.25) is 0 Å². The van der Waals surface area contributed by atoms with Gasteiger partial charge in [0.25, 0.3) is 5.91 Å². The molecule has 3 rings (SSSR count). The smallest absolute Gasteiger partial charge is 0.251 e. The number of amides is 1. The van der Waals surface area contributed by atoms with Crippen LogP contribution in [0.15, 0.2) is 67.3 Å². The van der Waals surface area contributed by atoms with Crippen LogP contribution in [-0.2, 0) is 23.1 Å². The first-order valence-electron chi connectivity index (χ1n) is 9.71. The Hall–Kier alpha value is -3.13. The van der Waals surface area contributed by atoms with Gasteiger partial charge in [-0.2, -0.15) is 0 Å². The summed E-state index contributed by atoms with van der Waals surface area (Å²) in [5.74, 6) is -0.183. The van der Waals surface area contributed by atoms with E-state index in [0.29, 0.717) is 17.8 Å². The summed E-state index contributed by atoms with van der Waals surface area (Å²) in [6.07, 6.45) is 7.32. The lowest BCUT2D eigenvalue weighted by Gasteiger charge is -2.23. The van der Waals surface area contributed by atoms with Gasteiger partial charge in [0.2, 0.25) is 10.0 Å². The zero-order valence-electron chi connectivity index (χ0n) is 17.2. The monoisotopic (exact) mass is 426 g/mol. The summed E-state index contributed by atoms with van der Waals surface area (Å²) >= 11 is 0. The summed E-state index contributed by atoms with van der Waals surface area (Å²) in [4.78, 5) is 16.3. The number of anilines is 1. The van der Waals surface area contributed by atoms with Crippen molar-refractivity contribution in [1.29, 1.82) is 0 Å². The molecule has 7 nitrogen and oxygen atoms in total. The number of benzene rings is 2. The van der Waals surface area contributed by atoms with E-state index in [0.717, 1.165) is 24.1 Å². The molecular weight excluding hydrogens is 400 g/mol. The molecule has 0 aliphatic carbocycles. The van der Waals surface area contributed by atoms with Crippen molar-refractivity contribution in [2.24, 2.45) is 0 Å². The van der Waals surface area contributed by atoms with Gasteiger partial charge in [-0.15, -0.1) is 0 Å². The fourth-order valence-corrected chi connectivity index (χ4v) is 3.98. The van der Waals surface area contributed by atoms with Crippen LogP contribution in [-0.4, -0.2) is 36.7 Å². The van der Waals surface area contributed by atoms with E-state index in [1.54, 1.807) is 36.8 Å². The van der Waals surface area contributed by atoms with Crippen LogP contribution in [0.5, 0.6) is 0 Å². The Morgan fingerprint density at radius 1 is 1.13 bits per heavy atom. The maximum Gasteiger partial charge on any atom is 0.251 e. The maximum atomic E-state index is 12.4. The van der Waals surface area contributed by atoms with E-state index in [1.807, 2.05) is 42.0 Å². The molecular formula is C22H26N4O3S. The molecule has 0 fully saturated rings. The zero-order valence-corrected chi connectivity index (χ0v) is 18.0. The molecule has 0 spiro atoms. The van der Waals surface area contributed by atoms with Crippen molar-refractivity contribution in [3.05, 3.63) is 83.9 Å². The summed E-state index contributed by atoms with van der Waals surface area (Å²) in [6.45, 7) is 3.52. The Bertz CT molecular complexity index is 1080. The molecule has 0 aliphatic heterocycles. The highest BCUT2D eigenvalue weighted by molar-refractivity contribution is 7.92. The van der Waals surface area contributed by atoms with Crippen LogP contribution in [0, 0.1) is 6.92 Å². The molecule has 0 unspecified atom stereocenters. The van der Waals surface area contributed by atoms with Crippen LogP contribution in [0.25, 0.3) is 0 Å². The van der Waals surface area contributed by atoms with E-state index in [2.05, 4.69) is 10.3 Å². The number of carbonyl (C=O) groups excluding carboxylic acids is 1. The van der Waals surface area contributed by atoms with E-state index < -0.39 is 10.0 Å². The average Bonchev–Trinajstić information content (AvgIpc) is 3.23. The summed E-state index contributed by atoms with van der Waals surface area (Å²) in [7, 11) is -3.48. The molecule has 158 valence electrons. The molecule has 0 saturated carbocycles. The molecule has 3 aromatic rings. The normalized spacial score (nSPS) is 11.3. The molecule has 1 N–H and O–H groups in total. The minimum Gasteiger partial charge on any atom is -0.352 e. The molecule has 0 atom stereocenters. The Kier molecular flexibility index (Phi) is 6.89. The fourth-order valence-electron chi connectivity index (χ4n) is 3.11. The summed E-state index contributed by atoms with van der Waals surface area (Å²) in [6, 6.07) is 14.3. The Labute approximate surface area is 177 Å². The van der Waals surface area contributed by atoms with Crippen molar-refractivity contribution in [2.75, 3.05) is 17.1 Å². The largest absolute Gasteiger partial charge is 0.352 e. The van der Waals surface area contributed by atoms with E-state index in [9.17, 15) is 13.2 Å². The third-order valence-corrected chi connectivity index (χ3v) is 5.97. The first kappa shape index (κ1) is 21.6. The predicted octanol–water partition coefficient (Wildman–Crippen LogP) is 2.98. The Morgan fingerprint density at radius 3 is 2.50 bits per heavy atom.